The monoisotopic (exact) mass is 364 g/mol. The summed E-state index contributed by atoms with van der Waals surface area (Å²) in [5, 5.41) is 3.13. The maximum absolute atomic E-state index is 12.4. The van der Waals surface area contributed by atoms with Gasteiger partial charge in [0.25, 0.3) is 5.91 Å². The minimum Gasteiger partial charge on any atom is -0.456 e. The van der Waals surface area contributed by atoms with Crippen LogP contribution in [0.4, 0.5) is 0 Å². The molecule has 0 aromatic carbocycles. The number of hydrogen-bond donors (Lipinski definition) is 0. The van der Waals surface area contributed by atoms with E-state index >= 15 is 0 Å². The van der Waals surface area contributed by atoms with Crippen molar-refractivity contribution in [2.45, 2.75) is 37.7 Å². The van der Waals surface area contributed by atoms with Crippen LogP contribution in [0.1, 0.15) is 33.4 Å². The number of thiazole rings is 1. The number of aryl methyl sites for hydroxylation is 2. The molecule has 1 spiro atoms. The maximum Gasteiger partial charge on any atom is 0.289 e. The average molecular weight is 364 g/mol. The molecular weight excluding hydrogens is 344 g/mol. The van der Waals surface area contributed by atoms with Gasteiger partial charge in [-0.15, -0.1) is 23.1 Å². The zero-order valence-electron chi connectivity index (χ0n) is 13.8. The Morgan fingerprint density at radius 1 is 1.46 bits per heavy atom. The number of carbonyl (C=O) groups is 1. The summed E-state index contributed by atoms with van der Waals surface area (Å²) >= 11 is 3.59. The topological polar surface area (TPSA) is 55.6 Å². The van der Waals surface area contributed by atoms with E-state index in [1.54, 1.807) is 17.4 Å². The molecule has 4 heterocycles. The van der Waals surface area contributed by atoms with Gasteiger partial charge in [0.1, 0.15) is 5.76 Å². The molecule has 0 bridgehead atoms. The molecule has 0 radical (unpaired) electrons. The summed E-state index contributed by atoms with van der Waals surface area (Å²) in [7, 11) is 0. The molecule has 0 saturated carbocycles. The van der Waals surface area contributed by atoms with Crippen molar-refractivity contribution in [1.29, 1.82) is 0 Å². The van der Waals surface area contributed by atoms with E-state index < -0.39 is 0 Å². The van der Waals surface area contributed by atoms with E-state index in [-0.39, 0.29) is 16.8 Å². The highest BCUT2D eigenvalue weighted by Crippen LogP contribution is 2.46. The van der Waals surface area contributed by atoms with Crippen molar-refractivity contribution in [3.8, 4) is 0 Å². The quantitative estimate of drug-likeness (QED) is 0.833. The van der Waals surface area contributed by atoms with Crippen LogP contribution in [0, 0.1) is 13.8 Å². The molecule has 2 saturated heterocycles. The van der Waals surface area contributed by atoms with Gasteiger partial charge in [-0.2, -0.15) is 0 Å². The molecular formula is C17H20N2O3S2. The van der Waals surface area contributed by atoms with Gasteiger partial charge in [-0.05, 0) is 32.4 Å². The molecule has 4 rings (SSSR count). The first-order valence-corrected chi connectivity index (χ1v) is 9.92. The smallest absolute Gasteiger partial charge is 0.289 e. The van der Waals surface area contributed by atoms with Crippen LogP contribution in [0.5, 0.6) is 0 Å². The van der Waals surface area contributed by atoms with Crippen LogP contribution in [0.3, 0.4) is 0 Å². The van der Waals surface area contributed by atoms with Gasteiger partial charge >= 0.3 is 0 Å². The van der Waals surface area contributed by atoms with Crippen molar-refractivity contribution >= 4 is 29.0 Å². The van der Waals surface area contributed by atoms with Crippen molar-refractivity contribution in [1.82, 2.24) is 9.88 Å². The molecule has 2 aromatic heterocycles. The van der Waals surface area contributed by atoms with E-state index in [1.807, 2.05) is 36.6 Å². The SMILES string of the molecule is Cc1ccc(C(=O)N2CC3(CC(OCc4csc(C)n4)CS3)C2)o1. The highest BCUT2D eigenvalue weighted by Gasteiger charge is 2.51. The summed E-state index contributed by atoms with van der Waals surface area (Å²) < 4.78 is 11.6. The third kappa shape index (κ3) is 3.12. The van der Waals surface area contributed by atoms with Gasteiger partial charge in [-0.25, -0.2) is 4.98 Å². The zero-order chi connectivity index (χ0) is 16.7. The fraction of sp³-hybridized carbons (Fsp3) is 0.529. The Kier molecular flexibility index (Phi) is 4.18. The second-order valence-corrected chi connectivity index (χ2v) is 9.11. The lowest BCUT2D eigenvalue weighted by Crippen LogP contribution is -2.60. The number of aromatic nitrogens is 1. The molecule has 2 aromatic rings. The lowest BCUT2D eigenvalue weighted by molar-refractivity contribution is 0.0234. The predicted octanol–water partition coefficient (Wildman–Crippen LogP) is 3.27. The van der Waals surface area contributed by atoms with Gasteiger partial charge < -0.3 is 14.1 Å². The van der Waals surface area contributed by atoms with Crippen molar-refractivity contribution in [2.24, 2.45) is 0 Å². The van der Waals surface area contributed by atoms with E-state index in [0.29, 0.717) is 12.4 Å². The highest BCUT2D eigenvalue weighted by atomic mass is 32.2. The number of ether oxygens (including phenoxy) is 1. The van der Waals surface area contributed by atoms with Crippen LogP contribution >= 0.6 is 23.1 Å². The number of carbonyl (C=O) groups excluding carboxylic acids is 1. The van der Waals surface area contributed by atoms with Gasteiger partial charge in [0.05, 0.1) is 28.2 Å². The van der Waals surface area contributed by atoms with Crippen LogP contribution in [0.15, 0.2) is 21.9 Å². The second-order valence-electron chi connectivity index (χ2n) is 6.56. The predicted molar refractivity (Wildman–Crippen MR) is 94.6 cm³/mol. The Bertz CT molecular complexity index is 749. The number of furan rings is 1. The number of hydrogen-bond acceptors (Lipinski definition) is 6. The number of likely N-dealkylation sites (tertiary alicyclic amines) is 1. The van der Waals surface area contributed by atoms with Crippen molar-refractivity contribution in [2.75, 3.05) is 18.8 Å². The van der Waals surface area contributed by atoms with Crippen LogP contribution in [0.2, 0.25) is 0 Å². The van der Waals surface area contributed by atoms with E-state index in [9.17, 15) is 4.79 Å². The largest absolute Gasteiger partial charge is 0.456 e. The van der Waals surface area contributed by atoms with E-state index in [4.69, 9.17) is 9.15 Å². The van der Waals surface area contributed by atoms with E-state index in [2.05, 4.69) is 10.4 Å². The Morgan fingerprint density at radius 3 is 2.96 bits per heavy atom. The second kappa shape index (κ2) is 6.20. The first-order chi connectivity index (χ1) is 11.5. The van der Waals surface area contributed by atoms with Gasteiger partial charge in [-0.1, -0.05) is 0 Å². The molecule has 5 nitrogen and oxygen atoms in total. The molecule has 0 aliphatic carbocycles. The normalized spacial score (nSPS) is 22.1. The summed E-state index contributed by atoms with van der Waals surface area (Å²) in [6.45, 7) is 6.01. The Labute approximate surface area is 149 Å². The summed E-state index contributed by atoms with van der Waals surface area (Å²) in [5.41, 5.74) is 1.02. The fourth-order valence-electron chi connectivity index (χ4n) is 3.31. The number of thioether (sulfide) groups is 1. The van der Waals surface area contributed by atoms with Crippen LogP contribution in [-0.4, -0.2) is 45.5 Å². The lowest BCUT2D eigenvalue weighted by atomic mass is 9.92. The Morgan fingerprint density at radius 2 is 2.29 bits per heavy atom. The molecule has 7 heteroatoms. The highest BCUT2D eigenvalue weighted by molar-refractivity contribution is 8.01. The van der Waals surface area contributed by atoms with Crippen LogP contribution < -0.4 is 0 Å². The number of amides is 1. The summed E-state index contributed by atoms with van der Waals surface area (Å²) in [5.74, 6) is 2.20. The number of rotatable bonds is 4. The van der Waals surface area contributed by atoms with Crippen molar-refractivity contribution in [3.63, 3.8) is 0 Å². The summed E-state index contributed by atoms with van der Waals surface area (Å²) in [6.07, 6.45) is 1.25. The van der Waals surface area contributed by atoms with Crippen molar-refractivity contribution in [3.05, 3.63) is 39.7 Å². The molecule has 2 aliphatic heterocycles. The fourth-order valence-corrected chi connectivity index (χ4v) is 5.45. The van der Waals surface area contributed by atoms with Gasteiger partial charge in [0.2, 0.25) is 0 Å². The van der Waals surface area contributed by atoms with Crippen LogP contribution in [0.25, 0.3) is 0 Å². The van der Waals surface area contributed by atoms with Gasteiger partial charge in [0, 0.05) is 24.2 Å². The zero-order valence-corrected chi connectivity index (χ0v) is 15.4. The Balaban J connectivity index is 1.27. The van der Waals surface area contributed by atoms with Crippen molar-refractivity contribution < 1.29 is 13.9 Å². The first kappa shape index (κ1) is 16.2. The minimum absolute atomic E-state index is 0.00311. The molecule has 1 amide bonds. The molecule has 0 N–H and O–H groups in total. The number of nitrogens with zero attached hydrogens (tertiary/aromatic N) is 2. The third-order valence-electron chi connectivity index (χ3n) is 4.50. The molecule has 1 atom stereocenters. The van der Waals surface area contributed by atoms with Gasteiger partial charge in [-0.3, -0.25) is 4.79 Å². The molecule has 1 unspecified atom stereocenters. The summed E-state index contributed by atoms with van der Waals surface area (Å²) in [4.78, 5) is 18.7. The minimum atomic E-state index is -0.00311. The van der Waals surface area contributed by atoms with E-state index in [1.165, 1.54) is 0 Å². The van der Waals surface area contributed by atoms with Crippen LogP contribution in [-0.2, 0) is 11.3 Å². The first-order valence-electron chi connectivity index (χ1n) is 8.05. The molecule has 24 heavy (non-hydrogen) atoms. The summed E-state index contributed by atoms with van der Waals surface area (Å²) in [6, 6.07) is 3.59. The average Bonchev–Trinajstić information content (AvgIpc) is 3.22. The standard InChI is InChI=1S/C17H20N2O3S2/c1-11-3-4-15(22-11)16(20)19-9-17(10-19)5-14(8-24-17)21-6-13-7-23-12(2)18-13/h3-4,7,14H,5-6,8-10H2,1-2H3. The van der Waals surface area contributed by atoms with Gasteiger partial charge in [0.15, 0.2) is 5.76 Å². The Hall–Kier alpha value is -1.31. The maximum atomic E-state index is 12.4. The molecule has 2 aliphatic rings. The third-order valence-corrected chi connectivity index (χ3v) is 6.90. The van der Waals surface area contributed by atoms with E-state index in [0.717, 1.165) is 41.7 Å². The molecule has 2 fully saturated rings. The lowest BCUT2D eigenvalue weighted by Gasteiger charge is -2.47. The molecule has 128 valence electrons.